The fraction of sp³-hybridized carbons (Fsp3) is 0.800. The molecule has 23 heavy (non-hydrogen) atoms. The maximum atomic E-state index is 12.3. The zero-order valence-corrected chi connectivity index (χ0v) is 14.0. The summed E-state index contributed by atoms with van der Waals surface area (Å²) >= 11 is 0. The summed E-state index contributed by atoms with van der Waals surface area (Å²) in [6.45, 7) is 5.91. The summed E-state index contributed by atoms with van der Waals surface area (Å²) in [5.41, 5.74) is 1.99. The second kappa shape index (κ2) is 6.74. The highest BCUT2D eigenvalue weighted by atomic mass is 16.6. The fourth-order valence-corrected chi connectivity index (χ4v) is 2.60. The third kappa shape index (κ3) is 4.34. The van der Waals surface area contributed by atoms with E-state index in [0.717, 1.165) is 12.8 Å². The molecule has 0 aromatic heterocycles. The Morgan fingerprint density at radius 1 is 1.13 bits per heavy atom. The van der Waals surface area contributed by atoms with E-state index in [1.165, 1.54) is 7.11 Å². The lowest BCUT2D eigenvalue weighted by Crippen LogP contribution is -2.65. The van der Waals surface area contributed by atoms with Crippen LogP contribution in [0.1, 0.15) is 40.0 Å². The van der Waals surface area contributed by atoms with E-state index in [0.29, 0.717) is 13.0 Å². The van der Waals surface area contributed by atoms with Crippen LogP contribution in [0, 0.1) is 5.92 Å². The monoisotopic (exact) mass is 327 g/mol. The van der Waals surface area contributed by atoms with E-state index in [4.69, 9.17) is 9.47 Å². The Kier molecular flexibility index (Phi) is 5.13. The minimum Gasteiger partial charge on any atom is -0.469 e. The summed E-state index contributed by atoms with van der Waals surface area (Å²) in [5.74, 6) is -0.749. The molecule has 2 aliphatic rings. The molecule has 8 heteroatoms. The molecule has 0 radical (unpaired) electrons. The third-order valence-electron chi connectivity index (χ3n) is 4.06. The third-order valence-corrected chi connectivity index (χ3v) is 4.06. The predicted octanol–water partition coefficient (Wildman–Crippen LogP) is 0.568. The van der Waals surface area contributed by atoms with Crippen molar-refractivity contribution in [2.45, 2.75) is 57.7 Å². The van der Waals surface area contributed by atoms with Gasteiger partial charge in [-0.1, -0.05) is 0 Å². The molecular formula is C15H25N3O5. The Bertz CT molecular complexity index is 488. The van der Waals surface area contributed by atoms with Crippen molar-refractivity contribution in [1.82, 2.24) is 15.8 Å². The Balaban J connectivity index is 1.79. The first-order valence-corrected chi connectivity index (χ1v) is 7.86. The number of hydrogen-bond donors (Lipinski definition) is 2. The molecule has 1 heterocycles. The summed E-state index contributed by atoms with van der Waals surface area (Å²) in [7, 11) is 1.35. The highest BCUT2D eigenvalue weighted by Crippen LogP contribution is 2.29. The molecule has 8 nitrogen and oxygen atoms in total. The topological polar surface area (TPSA) is 97.0 Å². The number of esters is 1. The smallest absolute Gasteiger partial charge is 0.422 e. The van der Waals surface area contributed by atoms with Crippen LogP contribution >= 0.6 is 0 Å². The van der Waals surface area contributed by atoms with E-state index < -0.39 is 17.7 Å². The maximum absolute atomic E-state index is 12.3. The number of methoxy groups -OCH3 is 1. The zero-order chi connectivity index (χ0) is 17.2. The number of amides is 2. The first-order chi connectivity index (χ1) is 10.7. The zero-order valence-electron chi connectivity index (χ0n) is 14.0. The van der Waals surface area contributed by atoms with Gasteiger partial charge in [0.15, 0.2) is 0 Å². The summed E-state index contributed by atoms with van der Waals surface area (Å²) in [6, 6.07) is -0.611. The van der Waals surface area contributed by atoms with Crippen LogP contribution in [-0.4, -0.2) is 54.3 Å². The second-order valence-corrected chi connectivity index (χ2v) is 6.93. The standard InChI is InChI=1S/C15H25N3O5/c1-15(2,3)23-14(21)17-18-8-7-11(18)12(19)16-10-6-5-9(10)13(20)22-4/h9-11H,5-8H2,1-4H3,(H,16,19)(H,17,21)/t9-,10+,11-/m0/s1. The van der Waals surface area contributed by atoms with Gasteiger partial charge in [-0.2, -0.15) is 0 Å². The number of hydrogen-bond acceptors (Lipinski definition) is 6. The Hall–Kier alpha value is -1.83. The van der Waals surface area contributed by atoms with Crippen molar-refractivity contribution in [1.29, 1.82) is 0 Å². The number of carbonyl (C=O) groups excluding carboxylic acids is 3. The van der Waals surface area contributed by atoms with Crippen LogP contribution in [-0.2, 0) is 19.1 Å². The Morgan fingerprint density at radius 2 is 1.83 bits per heavy atom. The van der Waals surface area contributed by atoms with Crippen molar-refractivity contribution < 1.29 is 23.9 Å². The van der Waals surface area contributed by atoms with Gasteiger partial charge in [0.25, 0.3) is 0 Å². The lowest BCUT2D eigenvalue weighted by molar-refractivity contribution is -0.151. The van der Waals surface area contributed by atoms with Crippen LogP contribution in [0.4, 0.5) is 4.79 Å². The Morgan fingerprint density at radius 3 is 2.26 bits per heavy atom. The van der Waals surface area contributed by atoms with Crippen LogP contribution in [0.2, 0.25) is 0 Å². The van der Waals surface area contributed by atoms with Crippen molar-refractivity contribution in [3.8, 4) is 0 Å². The number of carbonyl (C=O) groups is 3. The molecule has 0 aromatic carbocycles. The molecule has 130 valence electrons. The summed E-state index contributed by atoms with van der Waals surface area (Å²) in [6.07, 6.45) is 1.56. The molecule has 2 amide bonds. The highest BCUT2D eigenvalue weighted by molar-refractivity contribution is 5.84. The van der Waals surface area contributed by atoms with Crippen molar-refractivity contribution in [3.05, 3.63) is 0 Å². The van der Waals surface area contributed by atoms with Crippen LogP contribution < -0.4 is 10.7 Å². The first kappa shape index (κ1) is 17.5. The van der Waals surface area contributed by atoms with Gasteiger partial charge in [0.05, 0.1) is 13.0 Å². The molecule has 0 unspecified atom stereocenters. The van der Waals surface area contributed by atoms with E-state index >= 15 is 0 Å². The van der Waals surface area contributed by atoms with Crippen molar-refractivity contribution >= 4 is 18.0 Å². The maximum Gasteiger partial charge on any atom is 0.422 e. The van der Waals surface area contributed by atoms with E-state index in [2.05, 4.69) is 10.7 Å². The lowest BCUT2D eigenvalue weighted by Gasteiger charge is -2.42. The number of nitrogens with one attached hydrogen (secondary N) is 2. The van der Waals surface area contributed by atoms with Gasteiger partial charge < -0.3 is 14.8 Å². The number of ether oxygens (including phenoxy) is 2. The molecule has 3 atom stereocenters. The van der Waals surface area contributed by atoms with Crippen LogP contribution in [0.15, 0.2) is 0 Å². The van der Waals surface area contributed by atoms with E-state index in [-0.39, 0.29) is 23.8 Å². The first-order valence-electron chi connectivity index (χ1n) is 7.86. The average molecular weight is 327 g/mol. The molecule has 1 aliphatic carbocycles. The molecule has 0 bridgehead atoms. The normalized spacial score (nSPS) is 27.2. The summed E-state index contributed by atoms with van der Waals surface area (Å²) < 4.78 is 9.88. The van der Waals surface area contributed by atoms with E-state index in [1.54, 1.807) is 25.8 Å². The van der Waals surface area contributed by atoms with Crippen LogP contribution in [0.5, 0.6) is 0 Å². The minimum atomic E-state index is -0.591. The number of hydrazine groups is 1. The van der Waals surface area contributed by atoms with Gasteiger partial charge >= 0.3 is 12.1 Å². The van der Waals surface area contributed by atoms with Crippen molar-refractivity contribution in [2.75, 3.05) is 13.7 Å². The largest absolute Gasteiger partial charge is 0.469 e. The van der Waals surface area contributed by atoms with Gasteiger partial charge in [-0.25, -0.2) is 9.80 Å². The van der Waals surface area contributed by atoms with Gasteiger partial charge in [0.2, 0.25) is 5.91 Å². The SMILES string of the molecule is COC(=O)[C@H]1CC[C@H]1NC(=O)[C@@H]1CCN1NC(=O)OC(C)(C)C. The molecule has 2 fully saturated rings. The summed E-state index contributed by atoms with van der Waals surface area (Å²) in [5, 5.41) is 4.41. The molecule has 1 saturated heterocycles. The molecule has 0 spiro atoms. The van der Waals surface area contributed by atoms with Gasteiger partial charge in [-0.15, -0.1) is 0 Å². The molecule has 2 N–H and O–H groups in total. The second-order valence-electron chi connectivity index (χ2n) is 6.93. The van der Waals surface area contributed by atoms with Gasteiger partial charge in [-0.05, 0) is 40.0 Å². The van der Waals surface area contributed by atoms with Crippen molar-refractivity contribution in [2.24, 2.45) is 5.92 Å². The number of rotatable bonds is 4. The Labute approximate surface area is 135 Å². The molecule has 0 aromatic rings. The highest BCUT2D eigenvalue weighted by Gasteiger charge is 2.42. The van der Waals surface area contributed by atoms with Gasteiger partial charge in [0.1, 0.15) is 11.6 Å². The quantitative estimate of drug-likeness (QED) is 0.733. The molecular weight excluding hydrogens is 302 g/mol. The van der Waals surface area contributed by atoms with E-state index in [1.807, 2.05) is 0 Å². The lowest BCUT2D eigenvalue weighted by atomic mass is 9.79. The van der Waals surface area contributed by atoms with Crippen molar-refractivity contribution in [3.63, 3.8) is 0 Å². The minimum absolute atomic E-state index is 0.182. The molecule has 2 rings (SSSR count). The van der Waals surface area contributed by atoms with Gasteiger partial charge in [-0.3, -0.25) is 15.0 Å². The van der Waals surface area contributed by atoms with Gasteiger partial charge in [0, 0.05) is 12.6 Å². The predicted molar refractivity (Wildman–Crippen MR) is 81.2 cm³/mol. The molecule has 1 saturated carbocycles. The average Bonchev–Trinajstić information content (AvgIpc) is 2.37. The molecule has 1 aliphatic heterocycles. The van der Waals surface area contributed by atoms with E-state index in [9.17, 15) is 14.4 Å². The fourth-order valence-electron chi connectivity index (χ4n) is 2.60. The van der Waals surface area contributed by atoms with Crippen LogP contribution in [0.25, 0.3) is 0 Å². The number of nitrogens with zero attached hydrogens (tertiary/aromatic N) is 1. The van der Waals surface area contributed by atoms with Crippen LogP contribution in [0.3, 0.4) is 0 Å². The summed E-state index contributed by atoms with van der Waals surface area (Å²) in [4.78, 5) is 35.5.